The van der Waals surface area contributed by atoms with Crippen molar-refractivity contribution in [2.75, 3.05) is 92.1 Å². The van der Waals surface area contributed by atoms with Gasteiger partial charge in [0.25, 0.3) is 23.6 Å². The van der Waals surface area contributed by atoms with E-state index < -0.39 is 117 Å². The third-order valence-corrected chi connectivity index (χ3v) is 25.3. The summed E-state index contributed by atoms with van der Waals surface area (Å²) in [6.07, 6.45) is -14.5. The number of halogens is 20. The van der Waals surface area contributed by atoms with Crippen molar-refractivity contribution >= 4 is 35.4 Å². The number of likely N-dealkylation sites (tertiary alicyclic amines) is 4. The van der Waals surface area contributed by atoms with Crippen molar-refractivity contribution in [3.63, 3.8) is 0 Å². The number of H-pyrrole nitrogens is 4. The number of benzene rings is 4. The van der Waals surface area contributed by atoms with Gasteiger partial charge in [0, 0.05) is 126 Å². The Morgan fingerprint density at radius 2 is 0.620 bits per heavy atom. The van der Waals surface area contributed by atoms with E-state index in [1.165, 1.54) is 9.80 Å². The minimum atomic E-state index is -5.02. The van der Waals surface area contributed by atoms with Gasteiger partial charge in [0.15, 0.2) is 69.3 Å². The van der Waals surface area contributed by atoms with E-state index >= 15 is 0 Å². The molecular formula is C87H94F20N16O6. The zero-order valence-corrected chi connectivity index (χ0v) is 70.8. The molecule has 4 aromatic heterocycles. The first-order valence-corrected chi connectivity index (χ1v) is 42.6. The number of nitrogens with one attached hydrogen (secondary N) is 4. The van der Waals surface area contributed by atoms with E-state index in [0.29, 0.717) is 106 Å². The number of rotatable bonds is 12. The molecule has 8 aromatic rings. The van der Waals surface area contributed by atoms with Gasteiger partial charge in [-0.3, -0.25) is 54.1 Å². The molecule has 0 unspecified atom stereocenters. The van der Waals surface area contributed by atoms with E-state index in [4.69, 9.17) is 0 Å². The van der Waals surface area contributed by atoms with Crippen molar-refractivity contribution in [1.29, 1.82) is 0 Å². The van der Waals surface area contributed by atoms with Gasteiger partial charge in [-0.25, -0.2) is 35.1 Å². The van der Waals surface area contributed by atoms with E-state index in [0.717, 1.165) is 96.1 Å². The van der Waals surface area contributed by atoms with Gasteiger partial charge >= 0.3 is 24.7 Å². The second kappa shape index (κ2) is 39.0. The number of piperidine rings is 4. The van der Waals surface area contributed by atoms with Crippen LogP contribution in [0.3, 0.4) is 0 Å². The maximum atomic E-state index is 14.0. The first-order valence-electron chi connectivity index (χ1n) is 42.6. The Bertz CT molecular complexity index is 5450. The number of alkyl halides is 12. The second-order valence-electron chi connectivity index (χ2n) is 33.8. The highest BCUT2D eigenvalue weighted by Crippen LogP contribution is 2.47. The number of hydrogen-bond donors (Lipinski definition) is 4. The molecule has 6 amide bonds. The van der Waals surface area contributed by atoms with Crippen LogP contribution in [0.1, 0.15) is 247 Å². The summed E-state index contributed by atoms with van der Waals surface area (Å²) in [4.78, 5) is 90.3. The fourth-order valence-corrected chi connectivity index (χ4v) is 18.6. The van der Waals surface area contributed by atoms with Gasteiger partial charge in [-0.1, -0.05) is 52.0 Å². The Balaban J connectivity index is 0.000000147. The monoisotopic (exact) mass is 1840 g/mol. The summed E-state index contributed by atoms with van der Waals surface area (Å²) in [6, 6.07) is 6.86. The van der Waals surface area contributed by atoms with Crippen molar-refractivity contribution in [3.8, 4) is 0 Å². The van der Waals surface area contributed by atoms with Crippen molar-refractivity contribution < 1.29 is 117 Å². The third-order valence-electron chi connectivity index (χ3n) is 25.3. The van der Waals surface area contributed by atoms with E-state index in [2.05, 4.69) is 57.5 Å². The summed E-state index contributed by atoms with van der Waals surface area (Å²) in [5.74, 6) is -17.4. The van der Waals surface area contributed by atoms with Gasteiger partial charge in [-0.05, 0) is 167 Å². The van der Waals surface area contributed by atoms with Gasteiger partial charge in [-0.15, -0.1) is 0 Å². The van der Waals surface area contributed by atoms with Crippen molar-refractivity contribution in [3.05, 3.63) is 207 Å². The molecule has 8 aliphatic heterocycles. The molecule has 4 saturated heterocycles. The van der Waals surface area contributed by atoms with E-state index in [-0.39, 0.29) is 179 Å². The number of fused-ring (bicyclic) bond motifs is 4. The molecule has 0 bridgehead atoms. The van der Waals surface area contributed by atoms with Crippen LogP contribution in [0.25, 0.3) is 0 Å². The quantitative estimate of drug-likeness (QED) is 0.0835. The molecule has 42 heteroatoms. The number of aromatic nitrogens is 8. The minimum Gasteiger partial charge on any atom is -0.337 e. The zero-order chi connectivity index (χ0) is 93.4. The average molecular weight is 1840 g/mol. The highest BCUT2D eigenvalue weighted by Gasteiger charge is 2.47. The van der Waals surface area contributed by atoms with Crippen LogP contribution < -0.4 is 0 Å². The molecule has 0 radical (unpaired) electrons. The van der Waals surface area contributed by atoms with Crippen LogP contribution in [-0.4, -0.2) is 208 Å². The van der Waals surface area contributed by atoms with Crippen LogP contribution in [0, 0.1) is 52.5 Å². The third kappa shape index (κ3) is 20.6. The molecule has 698 valence electrons. The summed E-state index contributed by atoms with van der Waals surface area (Å²) < 4.78 is 270. The number of amides is 6. The lowest BCUT2D eigenvalue weighted by atomic mass is 9.85. The van der Waals surface area contributed by atoms with Crippen molar-refractivity contribution in [2.24, 2.45) is 5.92 Å². The molecule has 0 atom stereocenters. The maximum absolute atomic E-state index is 14.0. The highest BCUT2D eigenvalue weighted by atomic mass is 19.4. The summed E-state index contributed by atoms with van der Waals surface area (Å²) in [5, 5.41) is 28.3. The number of hydrogen-bond acceptors (Lipinski definition) is 12. The average Bonchev–Trinajstić information content (AvgIpc) is 1.75. The first-order chi connectivity index (χ1) is 61.0. The lowest BCUT2D eigenvalue weighted by Gasteiger charge is -2.33. The molecule has 0 aliphatic carbocycles. The number of aromatic amines is 4. The molecule has 16 rings (SSSR count). The van der Waals surface area contributed by atoms with Crippen LogP contribution in [0.5, 0.6) is 0 Å². The standard InChI is InChI=1S/C23H25F5N4O2.C22H23F5N4O2.C22H25F5N4O.C20H21F5N4O/c1-12(2)21(33)32-10-7-15-17(11-32)29-30-20(15)22(34)31-8-5-13(6-9-31)14-3-4-16(24)19(25)18(14)23(26,27)28;1-2-17(32)31-10-7-14-16(11-31)28-29-20(14)21(33)30-8-5-12(6-9-30)13-3-4-15(23)19(24)18(13)22(25,26)27;1-2-8-30-9-7-15-17(12-30)28-29-20(15)21(32)31-10-5-13(6-11-31)14-3-4-16(23)19(24)18(14)22(25,26)27;1-28-7-6-13-15(10-28)26-27-18(13)19(30)29-8-4-11(5-9-29)12-2-3-14(21)17(22)16(12)20(23,24)25/h3-4,12-13H,5-11H2,1-2H3,(H,29,30);3-4,12H,2,5-11H2,1H3,(H,28,29);3-4,13H,2,5-12H2,1H3,(H,28,29);2-3,11H,4-10H2,1H3,(H,26,27). The summed E-state index contributed by atoms with van der Waals surface area (Å²) in [5.41, 5.74) is 0.487. The number of nitrogens with zero attached hydrogens (tertiary/aromatic N) is 12. The Labute approximate surface area is 726 Å². The largest absolute Gasteiger partial charge is 0.419 e. The summed E-state index contributed by atoms with van der Waals surface area (Å²) >= 11 is 0. The molecular weight excluding hydrogens is 1750 g/mol. The number of carbonyl (C=O) groups is 6. The Kier molecular flexibility index (Phi) is 28.9. The maximum Gasteiger partial charge on any atom is 0.419 e. The predicted molar refractivity (Wildman–Crippen MR) is 424 cm³/mol. The first kappa shape index (κ1) is 95.6. The van der Waals surface area contributed by atoms with E-state index in [1.807, 2.05) is 20.9 Å². The summed E-state index contributed by atoms with van der Waals surface area (Å²) in [7, 11) is 1.98. The van der Waals surface area contributed by atoms with Crippen LogP contribution in [0.4, 0.5) is 87.8 Å². The highest BCUT2D eigenvalue weighted by molar-refractivity contribution is 5.96. The second-order valence-corrected chi connectivity index (χ2v) is 33.8. The molecule has 129 heavy (non-hydrogen) atoms. The van der Waals surface area contributed by atoms with E-state index in [9.17, 15) is 117 Å². The van der Waals surface area contributed by atoms with Crippen LogP contribution in [0.2, 0.25) is 0 Å². The SMILES string of the molecule is CC(C)C(=O)N1CCc2c(C(=O)N3CCC(c4ccc(F)c(F)c4C(F)(F)F)CC3)n[nH]c2C1.CCC(=O)N1CCc2c(C(=O)N3CCC(c4ccc(F)c(F)c4C(F)(F)F)CC3)n[nH]c2C1.CCCN1CCc2c(C(=O)N3CCC(c4ccc(F)c(F)c4C(F)(F)F)CC3)n[nH]c2C1.CN1CCc2c(C(=O)N3CCC(c4ccc(F)c(F)c4C(F)(F)F)CC3)n[nH]c2C1. The van der Waals surface area contributed by atoms with Gasteiger partial charge in [0.1, 0.15) is 0 Å². The van der Waals surface area contributed by atoms with Crippen LogP contribution in [-0.2, 0) is 86.2 Å². The number of carbonyl (C=O) groups excluding carboxylic acids is 6. The Morgan fingerprint density at radius 1 is 0.357 bits per heavy atom. The normalized spacial score (nSPS) is 17.8. The smallest absolute Gasteiger partial charge is 0.337 e. The Hall–Kier alpha value is -10.9. The van der Waals surface area contributed by atoms with Crippen molar-refractivity contribution in [1.82, 2.24) is 80.0 Å². The summed E-state index contributed by atoms with van der Waals surface area (Å²) in [6.45, 7) is 14.8. The molecule has 8 aliphatic rings. The van der Waals surface area contributed by atoms with Crippen molar-refractivity contribution in [2.45, 2.75) is 192 Å². The van der Waals surface area contributed by atoms with Gasteiger partial charge in [0.05, 0.1) is 58.1 Å². The predicted octanol–water partition coefficient (Wildman–Crippen LogP) is 16.5. The zero-order valence-electron chi connectivity index (χ0n) is 70.8. The lowest BCUT2D eigenvalue weighted by molar-refractivity contribution is -0.142. The lowest BCUT2D eigenvalue weighted by Crippen LogP contribution is -2.40. The Morgan fingerprint density at radius 3 is 0.899 bits per heavy atom. The minimum absolute atomic E-state index is 0.0145. The molecule has 0 saturated carbocycles. The fraction of sp³-hybridized carbons (Fsp3) is 0.517. The topological polar surface area (TPSA) is 243 Å². The molecule has 12 heterocycles. The van der Waals surface area contributed by atoms with Crippen LogP contribution in [0.15, 0.2) is 48.5 Å². The number of likely N-dealkylation sites (N-methyl/N-ethyl adjacent to an activating group) is 1. The van der Waals surface area contributed by atoms with Gasteiger partial charge < -0.3 is 34.3 Å². The van der Waals surface area contributed by atoms with Crippen LogP contribution >= 0.6 is 0 Å². The molecule has 4 fully saturated rings. The molecule has 4 N–H and O–H groups in total. The van der Waals surface area contributed by atoms with E-state index in [1.54, 1.807) is 26.5 Å². The molecule has 22 nitrogen and oxygen atoms in total. The fourth-order valence-electron chi connectivity index (χ4n) is 18.6. The van der Waals surface area contributed by atoms with Gasteiger partial charge in [0.2, 0.25) is 11.8 Å². The van der Waals surface area contributed by atoms with Gasteiger partial charge in [-0.2, -0.15) is 73.1 Å². The molecule has 0 spiro atoms. The molecule has 4 aromatic carbocycles.